The van der Waals surface area contributed by atoms with Gasteiger partial charge in [-0.2, -0.15) is 0 Å². The number of hydrogen-bond acceptors (Lipinski definition) is 4. The molecule has 0 radical (unpaired) electrons. The Hall–Kier alpha value is -1.80. The SMILES string of the molecule is CCOCCCNC(=O)c1ccccc1NS(=O)(=O)c1cc(Cl)ccc1Cl. The van der Waals surface area contributed by atoms with Crippen LogP contribution in [-0.4, -0.2) is 34.1 Å². The van der Waals surface area contributed by atoms with Crippen LogP contribution in [0.3, 0.4) is 0 Å². The number of carbonyl (C=O) groups is 1. The standard InChI is InChI=1S/C18H20Cl2N2O4S/c1-2-26-11-5-10-21-18(23)14-6-3-4-7-16(14)22-27(24,25)17-12-13(19)8-9-15(17)20/h3-4,6-9,12,22H,2,5,10-11H2,1H3,(H,21,23). The summed E-state index contributed by atoms with van der Waals surface area (Å²) in [6, 6.07) is 10.5. The molecule has 0 saturated carbocycles. The van der Waals surface area contributed by atoms with E-state index in [2.05, 4.69) is 10.0 Å². The molecule has 1 amide bonds. The molecule has 0 spiro atoms. The van der Waals surface area contributed by atoms with Gasteiger partial charge in [0.2, 0.25) is 0 Å². The summed E-state index contributed by atoms with van der Waals surface area (Å²) in [6.07, 6.45) is 0.658. The maximum absolute atomic E-state index is 12.7. The number of hydrogen-bond donors (Lipinski definition) is 2. The molecule has 6 nitrogen and oxygen atoms in total. The Morgan fingerprint density at radius 2 is 1.89 bits per heavy atom. The summed E-state index contributed by atoms with van der Waals surface area (Å²) in [6.45, 7) is 3.47. The summed E-state index contributed by atoms with van der Waals surface area (Å²) in [7, 11) is -4.02. The van der Waals surface area contributed by atoms with Gasteiger partial charge in [-0.1, -0.05) is 35.3 Å². The number of halogens is 2. The Morgan fingerprint density at radius 3 is 2.63 bits per heavy atom. The van der Waals surface area contributed by atoms with Crippen LogP contribution < -0.4 is 10.0 Å². The first-order chi connectivity index (χ1) is 12.8. The summed E-state index contributed by atoms with van der Waals surface area (Å²) in [5.41, 5.74) is 0.353. The molecule has 0 aliphatic rings. The van der Waals surface area contributed by atoms with Gasteiger partial charge in [0.05, 0.1) is 16.3 Å². The van der Waals surface area contributed by atoms with Gasteiger partial charge in [0, 0.05) is 24.8 Å². The number of benzene rings is 2. The van der Waals surface area contributed by atoms with Gasteiger partial charge in [-0.05, 0) is 43.7 Å². The summed E-state index contributed by atoms with van der Waals surface area (Å²) < 4.78 is 33.0. The van der Waals surface area contributed by atoms with E-state index in [1.165, 1.54) is 30.3 Å². The zero-order valence-electron chi connectivity index (χ0n) is 14.7. The highest BCUT2D eigenvalue weighted by molar-refractivity contribution is 7.92. The summed E-state index contributed by atoms with van der Waals surface area (Å²) in [5.74, 6) is -0.387. The van der Waals surface area contributed by atoms with Gasteiger partial charge in [0.15, 0.2) is 0 Å². The van der Waals surface area contributed by atoms with E-state index in [4.69, 9.17) is 27.9 Å². The molecule has 2 aromatic carbocycles. The average molecular weight is 431 g/mol. The van der Waals surface area contributed by atoms with E-state index in [1.54, 1.807) is 12.1 Å². The van der Waals surface area contributed by atoms with Crippen LogP contribution in [0.15, 0.2) is 47.4 Å². The van der Waals surface area contributed by atoms with Crippen molar-refractivity contribution >= 4 is 44.8 Å². The van der Waals surface area contributed by atoms with E-state index >= 15 is 0 Å². The number of ether oxygens (including phenoxy) is 1. The predicted molar refractivity (Wildman–Crippen MR) is 107 cm³/mol. The molecule has 0 aromatic heterocycles. The minimum Gasteiger partial charge on any atom is -0.382 e. The molecule has 9 heteroatoms. The molecule has 2 N–H and O–H groups in total. The Labute approximate surface area is 168 Å². The largest absolute Gasteiger partial charge is 0.382 e. The number of nitrogens with one attached hydrogen (secondary N) is 2. The van der Waals surface area contributed by atoms with Gasteiger partial charge < -0.3 is 10.1 Å². The molecule has 146 valence electrons. The first-order valence-electron chi connectivity index (χ1n) is 8.28. The Balaban J connectivity index is 2.17. The minimum atomic E-state index is -4.02. The van der Waals surface area contributed by atoms with Gasteiger partial charge in [0.1, 0.15) is 4.90 Å². The van der Waals surface area contributed by atoms with Crippen LogP contribution >= 0.6 is 23.2 Å². The summed E-state index contributed by atoms with van der Waals surface area (Å²) in [5, 5.41) is 3.01. The van der Waals surface area contributed by atoms with Crippen LogP contribution in [0, 0.1) is 0 Å². The zero-order chi connectivity index (χ0) is 19.9. The lowest BCUT2D eigenvalue weighted by molar-refractivity contribution is 0.0945. The van der Waals surface area contributed by atoms with Crippen LogP contribution in [0.4, 0.5) is 5.69 Å². The van der Waals surface area contributed by atoms with Gasteiger partial charge in [-0.3, -0.25) is 9.52 Å². The van der Waals surface area contributed by atoms with E-state index in [0.717, 1.165) is 0 Å². The maximum atomic E-state index is 12.7. The minimum absolute atomic E-state index is 0.0322. The van der Waals surface area contributed by atoms with E-state index in [1.807, 2.05) is 6.92 Å². The predicted octanol–water partition coefficient (Wildman–Crippen LogP) is 3.95. The van der Waals surface area contributed by atoms with Gasteiger partial charge in [-0.25, -0.2) is 8.42 Å². The third-order valence-electron chi connectivity index (χ3n) is 3.55. The van der Waals surface area contributed by atoms with Crippen molar-refractivity contribution in [1.82, 2.24) is 5.32 Å². The highest BCUT2D eigenvalue weighted by atomic mass is 35.5. The van der Waals surface area contributed by atoms with Crippen molar-refractivity contribution in [2.24, 2.45) is 0 Å². The number of para-hydroxylation sites is 1. The quantitative estimate of drug-likeness (QED) is 0.589. The lowest BCUT2D eigenvalue weighted by Crippen LogP contribution is -2.27. The molecule has 2 rings (SSSR count). The van der Waals surface area contributed by atoms with Crippen LogP contribution in [0.25, 0.3) is 0 Å². The topological polar surface area (TPSA) is 84.5 Å². The van der Waals surface area contributed by atoms with Crippen molar-refractivity contribution in [3.63, 3.8) is 0 Å². The van der Waals surface area contributed by atoms with Crippen molar-refractivity contribution in [3.05, 3.63) is 58.1 Å². The summed E-state index contributed by atoms with van der Waals surface area (Å²) in [4.78, 5) is 12.2. The van der Waals surface area contributed by atoms with Crippen LogP contribution in [0.1, 0.15) is 23.7 Å². The third-order valence-corrected chi connectivity index (χ3v) is 5.64. The second-order valence-electron chi connectivity index (χ2n) is 5.53. The molecule has 2 aromatic rings. The number of amides is 1. The number of rotatable bonds is 9. The van der Waals surface area contributed by atoms with E-state index in [9.17, 15) is 13.2 Å². The molecule has 0 saturated heterocycles. The zero-order valence-corrected chi connectivity index (χ0v) is 17.0. The first-order valence-corrected chi connectivity index (χ1v) is 10.5. The van der Waals surface area contributed by atoms with Crippen LogP contribution in [-0.2, 0) is 14.8 Å². The van der Waals surface area contributed by atoms with Crippen molar-refractivity contribution in [3.8, 4) is 0 Å². The van der Waals surface area contributed by atoms with Crippen molar-refractivity contribution < 1.29 is 17.9 Å². The smallest absolute Gasteiger partial charge is 0.263 e. The Morgan fingerprint density at radius 1 is 1.15 bits per heavy atom. The molecular formula is C18H20Cl2N2O4S. The molecule has 0 aliphatic heterocycles. The summed E-state index contributed by atoms with van der Waals surface area (Å²) >= 11 is 11.9. The van der Waals surface area contributed by atoms with E-state index < -0.39 is 10.0 Å². The second kappa shape index (κ2) is 9.94. The number of sulfonamides is 1. The van der Waals surface area contributed by atoms with Crippen LogP contribution in [0.5, 0.6) is 0 Å². The van der Waals surface area contributed by atoms with Gasteiger partial charge >= 0.3 is 0 Å². The number of anilines is 1. The number of carbonyl (C=O) groups excluding carboxylic acids is 1. The average Bonchev–Trinajstić information content (AvgIpc) is 2.63. The highest BCUT2D eigenvalue weighted by Crippen LogP contribution is 2.27. The third kappa shape index (κ3) is 6.10. The molecule has 27 heavy (non-hydrogen) atoms. The van der Waals surface area contributed by atoms with Crippen LogP contribution in [0.2, 0.25) is 10.0 Å². The van der Waals surface area contributed by atoms with E-state index in [0.29, 0.717) is 26.2 Å². The fourth-order valence-corrected chi connectivity index (χ4v) is 4.11. The van der Waals surface area contributed by atoms with Crippen molar-refractivity contribution in [2.75, 3.05) is 24.5 Å². The first kappa shape index (κ1) is 21.5. The lowest BCUT2D eigenvalue weighted by atomic mass is 10.1. The fraction of sp³-hybridized carbons (Fsp3) is 0.278. The Kier molecular flexibility index (Phi) is 7.91. The highest BCUT2D eigenvalue weighted by Gasteiger charge is 2.21. The lowest BCUT2D eigenvalue weighted by Gasteiger charge is -2.13. The fourth-order valence-electron chi connectivity index (χ4n) is 2.27. The van der Waals surface area contributed by atoms with Crippen molar-refractivity contribution in [2.45, 2.75) is 18.2 Å². The van der Waals surface area contributed by atoms with Gasteiger partial charge in [-0.15, -0.1) is 0 Å². The Bertz CT molecular complexity index is 904. The normalized spacial score (nSPS) is 11.2. The second-order valence-corrected chi connectivity index (χ2v) is 8.03. The van der Waals surface area contributed by atoms with Gasteiger partial charge in [0.25, 0.3) is 15.9 Å². The maximum Gasteiger partial charge on any atom is 0.263 e. The molecule has 0 unspecified atom stereocenters. The molecular weight excluding hydrogens is 411 g/mol. The molecule has 0 heterocycles. The molecule has 0 fully saturated rings. The molecule has 0 aliphatic carbocycles. The molecule has 0 atom stereocenters. The van der Waals surface area contributed by atoms with E-state index in [-0.39, 0.29) is 32.1 Å². The van der Waals surface area contributed by atoms with Crippen molar-refractivity contribution in [1.29, 1.82) is 0 Å². The molecule has 0 bridgehead atoms. The monoisotopic (exact) mass is 430 g/mol.